The molecule has 0 N–H and O–H groups in total. The Bertz CT molecular complexity index is 886. The molecule has 2 aliphatic rings. The number of carbonyl (C=O) groups is 3. The van der Waals surface area contributed by atoms with Crippen LogP contribution in [0.25, 0.3) is 0 Å². The Hall–Kier alpha value is -2.95. The molecule has 2 heterocycles. The third-order valence-electron chi connectivity index (χ3n) is 5.35. The van der Waals surface area contributed by atoms with E-state index in [4.69, 9.17) is 0 Å². The highest BCUT2D eigenvalue weighted by atomic mass is 16.2. The van der Waals surface area contributed by atoms with Crippen LogP contribution in [-0.4, -0.2) is 36.2 Å². The lowest BCUT2D eigenvalue weighted by Crippen LogP contribution is -2.40. The van der Waals surface area contributed by atoms with Crippen molar-refractivity contribution in [1.29, 1.82) is 0 Å². The van der Waals surface area contributed by atoms with Crippen LogP contribution in [0, 0.1) is 0 Å². The third kappa shape index (κ3) is 2.05. The van der Waals surface area contributed by atoms with Crippen molar-refractivity contribution in [2.75, 3.05) is 18.5 Å². The largest absolute Gasteiger partial charge is 0.314 e. The monoisotopic (exact) mass is 334 g/mol. The van der Waals surface area contributed by atoms with Crippen molar-refractivity contribution >= 4 is 23.4 Å². The standard InChI is InChI=1S/C20H18N2O3/c1-20(15-9-5-6-10-16(15)21(2)19(20)25)11-12-22-17(23)13-7-3-4-8-14(13)18(22)24/h3-10H,11-12H2,1-2H3. The minimum Gasteiger partial charge on any atom is -0.314 e. The molecule has 0 fully saturated rings. The zero-order chi connectivity index (χ0) is 17.8. The first kappa shape index (κ1) is 15.6. The number of fused-ring (bicyclic) bond motifs is 2. The molecule has 2 aromatic rings. The summed E-state index contributed by atoms with van der Waals surface area (Å²) in [6.45, 7) is 2.10. The molecule has 0 radical (unpaired) electrons. The zero-order valence-corrected chi connectivity index (χ0v) is 14.2. The number of likely N-dealkylation sites (N-methyl/N-ethyl adjacent to an activating group) is 1. The molecular weight excluding hydrogens is 316 g/mol. The van der Waals surface area contributed by atoms with Crippen molar-refractivity contribution in [3.05, 3.63) is 65.2 Å². The molecule has 0 aliphatic carbocycles. The molecule has 0 saturated heterocycles. The highest BCUT2D eigenvalue weighted by Gasteiger charge is 2.46. The number of imide groups is 1. The Kier molecular flexibility index (Phi) is 3.29. The van der Waals surface area contributed by atoms with Crippen LogP contribution in [0.1, 0.15) is 39.6 Å². The number of benzene rings is 2. The predicted molar refractivity (Wildman–Crippen MR) is 93.6 cm³/mol. The van der Waals surface area contributed by atoms with Gasteiger partial charge >= 0.3 is 0 Å². The number of nitrogens with zero attached hydrogens (tertiary/aromatic N) is 2. The van der Waals surface area contributed by atoms with E-state index in [1.807, 2.05) is 31.2 Å². The van der Waals surface area contributed by atoms with Crippen molar-refractivity contribution in [3.63, 3.8) is 0 Å². The molecule has 126 valence electrons. The van der Waals surface area contributed by atoms with Gasteiger partial charge < -0.3 is 4.90 Å². The topological polar surface area (TPSA) is 57.7 Å². The van der Waals surface area contributed by atoms with Crippen LogP contribution in [0.5, 0.6) is 0 Å². The van der Waals surface area contributed by atoms with Crippen LogP contribution in [0.15, 0.2) is 48.5 Å². The van der Waals surface area contributed by atoms with Crippen LogP contribution in [0.3, 0.4) is 0 Å². The summed E-state index contributed by atoms with van der Waals surface area (Å²) >= 11 is 0. The van der Waals surface area contributed by atoms with E-state index < -0.39 is 5.41 Å². The van der Waals surface area contributed by atoms with Crippen molar-refractivity contribution in [2.45, 2.75) is 18.8 Å². The van der Waals surface area contributed by atoms with Gasteiger partial charge in [-0.3, -0.25) is 19.3 Å². The van der Waals surface area contributed by atoms with Crippen LogP contribution < -0.4 is 4.90 Å². The van der Waals surface area contributed by atoms with Crippen molar-refractivity contribution in [3.8, 4) is 0 Å². The Labute approximate surface area is 145 Å². The fraction of sp³-hybridized carbons (Fsp3) is 0.250. The summed E-state index contributed by atoms with van der Waals surface area (Å²) in [5, 5.41) is 0. The number of hydrogen-bond acceptors (Lipinski definition) is 3. The SMILES string of the molecule is CN1C(=O)C(C)(CCN2C(=O)c3ccccc3C2=O)c2ccccc21. The lowest BCUT2D eigenvalue weighted by Gasteiger charge is -2.25. The third-order valence-corrected chi connectivity index (χ3v) is 5.35. The Balaban J connectivity index is 1.61. The molecule has 1 unspecified atom stereocenters. The molecular formula is C20H18N2O3. The van der Waals surface area contributed by atoms with E-state index in [0.717, 1.165) is 11.3 Å². The molecule has 5 nitrogen and oxygen atoms in total. The normalized spacial score (nSPS) is 21.8. The van der Waals surface area contributed by atoms with Gasteiger partial charge in [0.2, 0.25) is 5.91 Å². The Morgan fingerprint density at radius 1 is 0.880 bits per heavy atom. The van der Waals surface area contributed by atoms with E-state index in [1.165, 1.54) is 4.90 Å². The first-order chi connectivity index (χ1) is 11.9. The number of amides is 3. The van der Waals surface area contributed by atoms with Gasteiger partial charge in [0.05, 0.1) is 16.5 Å². The van der Waals surface area contributed by atoms with E-state index in [1.54, 1.807) is 36.2 Å². The zero-order valence-electron chi connectivity index (χ0n) is 14.2. The van der Waals surface area contributed by atoms with E-state index in [9.17, 15) is 14.4 Å². The average Bonchev–Trinajstić information content (AvgIpc) is 2.99. The van der Waals surface area contributed by atoms with Crippen LogP contribution in [0.4, 0.5) is 5.69 Å². The summed E-state index contributed by atoms with van der Waals surface area (Å²) in [5.41, 5.74) is 1.97. The van der Waals surface area contributed by atoms with Crippen molar-refractivity contribution in [2.24, 2.45) is 0 Å². The Morgan fingerprint density at radius 2 is 1.44 bits per heavy atom. The molecule has 5 heteroatoms. The molecule has 4 rings (SSSR count). The highest BCUT2D eigenvalue weighted by Crippen LogP contribution is 2.43. The second kappa shape index (κ2) is 5.28. The van der Waals surface area contributed by atoms with Crippen molar-refractivity contribution < 1.29 is 14.4 Å². The summed E-state index contributed by atoms with van der Waals surface area (Å²) in [5.74, 6) is -0.571. The van der Waals surface area contributed by atoms with Gasteiger partial charge in [-0.15, -0.1) is 0 Å². The molecule has 2 aromatic carbocycles. The number of anilines is 1. The van der Waals surface area contributed by atoms with Gasteiger partial charge in [-0.2, -0.15) is 0 Å². The lowest BCUT2D eigenvalue weighted by molar-refractivity contribution is -0.122. The summed E-state index contributed by atoms with van der Waals surface area (Å²) in [7, 11) is 1.76. The van der Waals surface area contributed by atoms with E-state index in [2.05, 4.69) is 0 Å². The molecule has 3 amide bonds. The summed E-state index contributed by atoms with van der Waals surface area (Å²) in [6, 6.07) is 14.5. The van der Waals surface area contributed by atoms with E-state index >= 15 is 0 Å². The fourth-order valence-electron chi connectivity index (χ4n) is 3.85. The first-order valence-corrected chi connectivity index (χ1v) is 8.28. The molecule has 0 saturated carbocycles. The minimum atomic E-state index is -0.735. The summed E-state index contributed by atoms with van der Waals surface area (Å²) in [4.78, 5) is 40.7. The fourth-order valence-corrected chi connectivity index (χ4v) is 3.85. The predicted octanol–water partition coefficient (Wildman–Crippen LogP) is 2.61. The summed E-state index contributed by atoms with van der Waals surface area (Å²) in [6.07, 6.45) is 0.401. The number of para-hydroxylation sites is 1. The maximum absolute atomic E-state index is 12.8. The number of carbonyl (C=O) groups excluding carboxylic acids is 3. The molecule has 2 aliphatic heterocycles. The quantitative estimate of drug-likeness (QED) is 0.811. The molecule has 1 atom stereocenters. The van der Waals surface area contributed by atoms with Crippen molar-refractivity contribution in [1.82, 2.24) is 4.90 Å². The van der Waals surface area contributed by atoms with E-state index in [-0.39, 0.29) is 24.3 Å². The van der Waals surface area contributed by atoms with Gasteiger partial charge in [0.1, 0.15) is 0 Å². The second-order valence-corrected chi connectivity index (χ2v) is 6.77. The maximum atomic E-state index is 12.8. The maximum Gasteiger partial charge on any atom is 0.261 e. The van der Waals surface area contributed by atoms with E-state index in [0.29, 0.717) is 17.5 Å². The lowest BCUT2D eigenvalue weighted by atomic mass is 9.80. The highest BCUT2D eigenvalue weighted by molar-refractivity contribution is 6.21. The van der Waals surface area contributed by atoms with Gasteiger partial charge in [-0.05, 0) is 37.1 Å². The molecule has 25 heavy (non-hydrogen) atoms. The molecule has 0 bridgehead atoms. The van der Waals surface area contributed by atoms with Crippen LogP contribution in [0.2, 0.25) is 0 Å². The van der Waals surface area contributed by atoms with Gasteiger partial charge in [0.25, 0.3) is 11.8 Å². The number of hydrogen-bond donors (Lipinski definition) is 0. The molecule has 0 aromatic heterocycles. The van der Waals surface area contributed by atoms with Gasteiger partial charge in [0.15, 0.2) is 0 Å². The minimum absolute atomic E-state index is 0.00897. The van der Waals surface area contributed by atoms with Crippen LogP contribution in [-0.2, 0) is 10.2 Å². The summed E-state index contributed by atoms with van der Waals surface area (Å²) < 4.78 is 0. The van der Waals surface area contributed by atoms with Gasteiger partial charge in [0, 0.05) is 19.3 Å². The van der Waals surface area contributed by atoms with Gasteiger partial charge in [-0.25, -0.2) is 0 Å². The van der Waals surface area contributed by atoms with Crippen LogP contribution >= 0.6 is 0 Å². The average molecular weight is 334 g/mol. The second-order valence-electron chi connectivity index (χ2n) is 6.77. The number of rotatable bonds is 3. The molecule has 0 spiro atoms. The first-order valence-electron chi connectivity index (χ1n) is 8.28. The smallest absolute Gasteiger partial charge is 0.261 e. The van der Waals surface area contributed by atoms with Gasteiger partial charge in [-0.1, -0.05) is 30.3 Å². The Morgan fingerprint density at radius 3 is 2.08 bits per heavy atom.